The second-order valence-electron chi connectivity index (χ2n) is 4.69. The zero-order chi connectivity index (χ0) is 18.1. The van der Waals surface area contributed by atoms with Gasteiger partial charge in [-0.25, -0.2) is 0 Å². The Bertz CT molecular complexity index is 769. The van der Waals surface area contributed by atoms with Crippen molar-refractivity contribution in [2.75, 3.05) is 5.32 Å². The van der Waals surface area contributed by atoms with Crippen molar-refractivity contribution in [3.05, 3.63) is 63.6 Å². The van der Waals surface area contributed by atoms with Crippen molar-refractivity contribution < 1.29 is 31.1 Å². The lowest BCUT2D eigenvalue weighted by Crippen LogP contribution is -2.19. The van der Waals surface area contributed by atoms with E-state index in [0.717, 1.165) is 30.3 Å². The van der Waals surface area contributed by atoms with Gasteiger partial charge in [-0.05, 0) is 30.3 Å². The first-order valence-electron chi connectivity index (χ1n) is 6.34. The van der Waals surface area contributed by atoms with Crippen molar-refractivity contribution in [3.63, 3.8) is 0 Å². The Kier molecular flexibility index (Phi) is 4.93. The normalized spacial score (nSPS) is 12.1. The van der Waals surface area contributed by atoms with Gasteiger partial charge in [-0.15, -0.1) is 0 Å². The van der Waals surface area contributed by atoms with Gasteiger partial charge in [0.15, 0.2) is 0 Å². The number of amides is 1. The Labute approximate surface area is 140 Å². The predicted molar refractivity (Wildman–Crippen MR) is 78.5 cm³/mol. The van der Waals surface area contributed by atoms with E-state index >= 15 is 0 Å². The maximum absolute atomic E-state index is 12.9. The van der Waals surface area contributed by atoms with Crippen molar-refractivity contribution >= 4 is 27.5 Å². The van der Waals surface area contributed by atoms with Gasteiger partial charge in [0.2, 0.25) is 0 Å². The summed E-state index contributed by atoms with van der Waals surface area (Å²) in [6, 6.07) is 6.84. The molecule has 1 N–H and O–H groups in total. The number of anilines is 1. The predicted octanol–water partition coefficient (Wildman–Crippen LogP) is 5.74. The van der Waals surface area contributed by atoms with Gasteiger partial charge >= 0.3 is 12.4 Å². The molecule has 2 nitrogen and oxygen atoms in total. The van der Waals surface area contributed by atoms with Gasteiger partial charge in [-0.1, -0.05) is 28.1 Å². The number of alkyl halides is 6. The fourth-order valence-electron chi connectivity index (χ4n) is 1.95. The smallest absolute Gasteiger partial charge is 0.322 e. The summed E-state index contributed by atoms with van der Waals surface area (Å²) in [5.41, 5.74) is -3.17. The van der Waals surface area contributed by atoms with Crippen molar-refractivity contribution in [2.24, 2.45) is 0 Å². The van der Waals surface area contributed by atoms with Crippen molar-refractivity contribution in [1.29, 1.82) is 0 Å². The van der Waals surface area contributed by atoms with Crippen LogP contribution in [0.25, 0.3) is 0 Å². The molecule has 0 saturated carbocycles. The average molecular weight is 412 g/mol. The molecule has 0 spiro atoms. The first kappa shape index (κ1) is 18.3. The maximum Gasteiger partial charge on any atom is 0.417 e. The standard InChI is InChI=1S/C15H8BrF6NO/c16-12-6-5-8(7-11(12)15(20,21)22)23-13(24)9-3-1-2-4-10(9)14(17,18)19/h1-7H,(H,23,24). The summed E-state index contributed by atoms with van der Waals surface area (Å²) in [6.45, 7) is 0. The van der Waals surface area contributed by atoms with Gasteiger partial charge in [-0.2, -0.15) is 26.3 Å². The molecule has 0 aliphatic carbocycles. The van der Waals surface area contributed by atoms with Crippen LogP contribution in [-0.2, 0) is 12.4 Å². The summed E-state index contributed by atoms with van der Waals surface area (Å²) in [6.07, 6.45) is -9.44. The summed E-state index contributed by atoms with van der Waals surface area (Å²) >= 11 is 2.73. The van der Waals surface area contributed by atoms with E-state index in [1.54, 1.807) is 0 Å². The summed E-state index contributed by atoms with van der Waals surface area (Å²) in [5, 5.41) is 2.05. The van der Waals surface area contributed by atoms with E-state index in [4.69, 9.17) is 0 Å². The van der Waals surface area contributed by atoms with E-state index in [2.05, 4.69) is 21.2 Å². The Morgan fingerprint density at radius 2 is 1.46 bits per heavy atom. The third kappa shape index (κ3) is 4.08. The molecule has 0 aromatic heterocycles. The lowest BCUT2D eigenvalue weighted by Gasteiger charge is -2.14. The van der Waals surface area contributed by atoms with E-state index in [1.165, 1.54) is 6.07 Å². The number of carbonyl (C=O) groups is 1. The molecule has 0 aliphatic rings. The van der Waals surface area contributed by atoms with Crippen LogP contribution in [0.4, 0.5) is 32.0 Å². The Balaban J connectivity index is 2.35. The molecule has 2 rings (SSSR count). The third-order valence-corrected chi connectivity index (χ3v) is 3.70. The minimum Gasteiger partial charge on any atom is -0.322 e. The zero-order valence-electron chi connectivity index (χ0n) is 11.6. The summed E-state index contributed by atoms with van der Waals surface area (Å²) in [4.78, 5) is 12.0. The second kappa shape index (κ2) is 6.46. The molecule has 9 heteroatoms. The molecule has 24 heavy (non-hydrogen) atoms. The van der Waals surface area contributed by atoms with Crippen LogP contribution in [0.1, 0.15) is 21.5 Å². The van der Waals surface area contributed by atoms with Crippen LogP contribution in [0.15, 0.2) is 46.9 Å². The molecule has 0 atom stereocenters. The fraction of sp³-hybridized carbons (Fsp3) is 0.133. The SMILES string of the molecule is O=C(Nc1ccc(Br)c(C(F)(F)F)c1)c1ccccc1C(F)(F)F. The van der Waals surface area contributed by atoms with Crippen LogP contribution in [0.2, 0.25) is 0 Å². The van der Waals surface area contributed by atoms with Crippen molar-refractivity contribution in [3.8, 4) is 0 Å². The monoisotopic (exact) mass is 411 g/mol. The molecule has 1 amide bonds. The van der Waals surface area contributed by atoms with Crippen LogP contribution < -0.4 is 5.32 Å². The molecular weight excluding hydrogens is 404 g/mol. The van der Waals surface area contributed by atoms with Crippen LogP contribution in [0.5, 0.6) is 0 Å². The van der Waals surface area contributed by atoms with Gasteiger partial charge in [0.1, 0.15) is 0 Å². The van der Waals surface area contributed by atoms with Crippen LogP contribution in [0.3, 0.4) is 0 Å². The van der Waals surface area contributed by atoms with Gasteiger partial charge in [0.25, 0.3) is 5.91 Å². The number of hydrogen-bond acceptors (Lipinski definition) is 1. The fourth-order valence-corrected chi connectivity index (χ4v) is 2.42. The van der Waals surface area contributed by atoms with E-state index in [-0.39, 0.29) is 10.2 Å². The highest BCUT2D eigenvalue weighted by atomic mass is 79.9. The van der Waals surface area contributed by atoms with Crippen molar-refractivity contribution in [1.82, 2.24) is 0 Å². The van der Waals surface area contributed by atoms with Gasteiger partial charge in [-0.3, -0.25) is 4.79 Å². The minimum absolute atomic E-state index is 0.247. The molecule has 0 unspecified atom stereocenters. The molecular formula is C15H8BrF6NO. The molecule has 0 aliphatic heterocycles. The quantitative estimate of drug-likeness (QED) is 0.627. The van der Waals surface area contributed by atoms with E-state index in [1.807, 2.05) is 0 Å². The second-order valence-corrected chi connectivity index (χ2v) is 5.54. The largest absolute Gasteiger partial charge is 0.417 e. The number of hydrogen-bond donors (Lipinski definition) is 1. The lowest BCUT2D eigenvalue weighted by atomic mass is 10.1. The molecule has 0 bridgehead atoms. The lowest BCUT2D eigenvalue weighted by molar-refractivity contribution is -0.138. The molecule has 0 heterocycles. The zero-order valence-corrected chi connectivity index (χ0v) is 13.2. The summed E-state index contributed by atoms with van der Waals surface area (Å²) in [5.74, 6) is -1.15. The minimum atomic E-state index is -4.76. The number of rotatable bonds is 2. The molecule has 0 fully saturated rings. The molecule has 0 saturated heterocycles. The van der Waals surface area contributed by atoms with Gasteiger partial charge in [0, 0.05) is 10.2 Å². The van der Waals surface area contributed by atoms with Crippen molar-refractivity contribution in [2.45, 2.75) is 12.4 Å². The third-order valence-electron chi connectivity index (χ3n) is 3.01. The van der Waals surface area contributed by atoms with E-state index in [9.17, 15) is 31.1 Å². The summed E-state index contributed by atoms with van der Waals surface area (Å²) < 4.78 is 76.9. The number of halogens is 7. The number of benzene rings is 2. The van der Waals surface area contributed by atoms with Crippen LogP contribution in [-0.4, -0.2) is 5.91 Å². The van der Waals surface area contributed by atoms with E-state index < -0.39 is 35.0 Å². The Morgan fingerprint density at radius 1 is 0.875 bits per heavy atom. The highest BCUT2D eigenvalue weighted by Gasteiger charge is 2.35. The molecule has 2 aromatic rings. The molecule has 128 valence electrons. The highest BCUT2D eigenvalue weighted by Crippen LogP contribution is 2.37. The highest BCUT2D eigenvalue weighted by molar-refractivity contribution is 9.10. The molecule has 2 aromatic carbocycles. The van der Waals surface area contributed by atoms with E-state index in [0.29, 0.717) is 6.07 Å². The first-order chi connectivity index (χ1) is 11.0. The average Bonchev–Trinajstić information content (AvgIpc) is 2.47. The summed E-state index contributed by atoms with van der Waals surface area (Å²) in [7, 11) is 0. The Hall–Kier alpha value is -2.03. The van der Waals surface area contributed by atoms with Crippen LogP contribution in [0, 0.1) is 0 Å². The van der Waals surface area contributed by atoms with Gasteiger partial charge < -0.3 is 5.32 Å². The van der Waals surface area contributed by atoms with Gasteiger partial charge in [0.05, 0.1) is 16.7 Å². The number of carbonyl (C=O) groups excluding carboxylic acids is 1. The number of nitrogens with one attached hydrogen (secondary N) is 1. The molecule has 0 radical (unpaired) electrons. The maximum atomic E-state index is 12.9. The first-order valence-corrected chi connectivity index (χ1v) is 7.14. The Morgan fingerprint density at radius 3 is 2.04 bits per heavy atom. The topological polar surface area (TPSA) is 29.1 Å². The van der Waals surface area contributed by atoms with Crippen LogP contribution >= 0.6 is 15.9 Å².